The van der Waals surface area contributed by atoms with E-state index in [1.807, 2.05) is 53.6 Å². The molecule has 1 atom stereocenters. The Morgan fingerprint density at radius 1 is 1.00 bits per heavy atom. The van der Waals surface area contributed by atoms with Crippen LogP contribution in [0, 0.1) is 0 Å². The first kappa shape index (κ1) is 20.8. The van der Waals surface area contributed by atoms with Gasteiger partial charge in [0.2, 0.25) is 5.91 Å². The molecule has 0 bridgehead atoms. The van der Waals surface area contributed by atoms with Gasteiger partial charge < -0.3 is 10.2 Å². The molecule has 2 aromatic rings. The maximum atomic E-state index is 13.1. The lowest BCUT2D eigenvalue weighted by atomic mass is 10.0. The van der Waals surface area contributed by atoms with Crippen molar-refractivity contribution in [3.05, 3.63) is 59.8 Å². The number of aromatic nitrogens is 1. The highest BCUT2D eigenvalue weighted by atomic mass is 32.2. The van der Waals surface area contributed by atoms with Crippen molar-refractivity contribution in [1.82, 2.24) is 15.2 Å². The molecular formula is C22H28N4O3S. The lowest BCUT2D eigenvalue weighted by molar-refractivity contribution is -0.126. The number of anilines is 1. The second-order valence-electron chi connectivity index (χ2n) is 7.94. The third kappa shape index (κ3) is 4.99. The van der Waals surface area contributed by atoms with Crippen LogP contribution in [0.3, 0.4) is 0 Å². The summed E-state index contributed by atoms with van der Waals surface area (Å²) in [5.41, 5.74) is 1.82. The summed E-state index contributed by atoms with van der Waals surface area (Å²) in [5, 5.41) is 3.02. The van der Waals surface area contributed by atoms with Crippen LogP contribution in [0.25, 0.3) is 0 Å². The fourth-order valence-corrected chi connectivity index (χ4v) is 5.32. The minimum absolute atomic E-state index is 0.0888. The first-order chi connectivity index (χ1) is 14.5. The average molecular weight is 429 g/mol. The summed E-state index contributed by atoms with van der Waals surface area (Å²) in [6.07, 6.45) is 4.23. The molecule has 8 heteroatoms. The number of hydrogen-bond acceptors (Lipinski definition) is 6. The summed E-state index contributed by atoms with van der Waals surface area (Å²) in [4.78, 5) is 21.9. The van der Waals surface area contributed by atoms with E-state index >= 15 is 0 Å². The highest BCUT2D eigenvalue weighted by Crippen LogP contribution is 2.23. The van der Waals surface area contributed by atoms with E-state index < -0.39 is 15.9 Å². The van der Waals surface area contributed by atoms with Crippen molar-refractivity contribution in [1.29, 1.82) is 0 Å². The normalized spacial score (nSPS) is 20.1. The summed E-state index contributed by atoms with van der Waals surface area (Å²) < 4.78 is 23.6. The lowest BCUT2D eigenvalue weighted by Crippen LogP contribution is -2.47. The summed E-state index contributed by atoms with van der Waals surface area (Å²) in [5.74, 6) is 1.04. The van der Waals surface area contributed by atoms with Gasteiger partial charge >= 0.3 is 0 Å². The van der Waals surface area contributed by atoms with Crippen molar-refractivity contribution in [2.45, 2.75) is 25.4 Å². The Balaban J connectivity index is 1.43. The molecule has 2 fully saturated rings. The Labute approximate surface area is 178 Å². The lowest BCUT2D eigenvalue weighted by Gasteiger charge is -2.33. The Kier molecular flexibility index (Phi) is 6.34. The summed E-state index contributed by atoms with van der Waals surface area (Å²) in [7, 11) is -3.01. The van der Waals surface area contributed by atoms with Gasteiger partial charge in [0, 0.05) is 38.9 Å². The van der Waals surface area contributed by atoms with Crippen LogP contribution in [0.4, 0.5) is 5.82 Å². The first-order valence-electron chi connectivity index (χ1n) is 10.5. The molecule has 30 heavy (non-hydrogen) atoms. The van der Waals surface area contributed by atoms with Crippen molar-refractivity contribution in [2.75, 3.05) is 42.6 Å². The van der Waals surface area contributed by atoms with Crippen LogP contribution in [0.5, 0.6) is 0 Å². The van der Waals surface area contributed by atoms with Crippen LogP contribution in [0.2, 0.25) is 0 Å². The number of nitrogens with one attached hydrogen (secondary N) is 1. The standard InChI is InChI=1S/C22H28N4O3S/c27-22(24-17-18-8-9-20(23-16-18)25-10-4-5-11-25)21(19-6-2-1-3-7-19)26-12-14-30(28,29)15-13-26/h1-3,6-9,16,21H,4-5,10-15,17H2,(H,24,27). The van der Waals surface area contributed by atoms with Gasteiger partial charge in [-0.15, -0.1) is 0 Å². The molecule has 1 aromatic heterocycles. The second-order valence-corrected chi connectivity index (χ2v) is 10.2. The fraction of sp³-hybridized carbons (Fsp3) is 0.455. The third-order valence-electron chi connectivity index (χ3n) is 5.81. The Hall–Kier alpha value is -2.45. The van der Waals surface area contributed by atoms with Gasteiger partial charge in [-0.3, -0.25) is 9.69 Å². The van der Waals surface area contributed by atoms with Gasteiger partial charge in [0.15, 0.2) is 9.84 Å². The Morgan fingerprint density at radius 3 is 2.33 bits per heavy atom. The smallest absolute Gasteiger partial charge is 0.242 e. The van der Waals surface area contributed by atoms with Gasteiger partial charge in [-0.2, -0.15) is 0 Å². The predicted molar refractivity (Wildman–Crippen MR) is 117 cm³/mol. The molecule has 2 aliphatic rings. The molecule has 1 amide bonds. The average Bonchev–Trinajstić information content (AvgIpc) is 3.30. The zero-order chi connectivity index (χ0) is 21.0. The van der Waals surface area contributed by atoms with Crippen LogP contribution in [0.1, 0.15) is 30.0 Å². The molecule has 1 N–H and O–H groups in total. The zero-order valence-electron chi connectivity index (χ0n) is 17.0. The van der Waals surface area contributed by atoms with Gasteiger partial charge in [0.1, 0.15) is 11.9 Å². The van der Waals surface area contributed by atoms with E-state index in [0.717, 1.165) is 30.0 Å². The molecule has 3 heterocycles. The van der Waals surface area contributed by atoms with E-state index in [-0.39, 0.29) is 17.4 Å². The molecule has 2 saturated heterocycles. The van der Waals surface area contributed by atoms with Crippen molar-refractivity contribution in [3.63, 3.8) is 0 Å². The number of benzene rings is 1. The highest BCUT2D eigenvalue weighted by Gasteiger charge is 2.32. The number of hydrogen-bond donors (Lipinski definition) is 1. The van der Waals surface area contributed by atoms with Crippen LogP contribution < -0.4 is 10.2 Å². The number of carbonyl (C=O) groups is 1. The molecule has 4 rings (SSSR count). The van der Waals surface area contributed by atoms with E-state index in [2.05, 4.69) is 15.2 Å². The predicted octanol–water partition coefficient (Wildman–Crippen LogP) is 1.77. The Bertz CT molecular complexity index is 944. The van der Waals surface area contributed by atoms with Crippen LogP contribution in [-0.4, -0.2) is 61.9 Å². The number of carbonyl (C=O) groups excluding carboxylic acids is 1. The minimum Gasteiger partial charge on any atom is -0.357 e. The first-order valence-corrected chi connectivity index (χ1v) is 12.3. The van der Waals surface area contributed by atoms with E-state index in [4.69, 9.17) is 0 Å². The number of pyridine rings is 1. The number of amides is 1. The fourth-order valence-electron chi connectivity index (χ4n) is 4.09. The van der Waals surface area contributed by atoms with E-state index in [9.17, 15) is 13.2 Å². The monoisotopic (exact) mass is 428 g/mol. The largest absolute Gasteiger partial charge is 0.357 e. The molecule has 0 saturated carbocycles. The topological polar surface area (TPSA) is 82.6 Å². The molecule has 2 aliphatic heterocycles. The van der Waals surface area contributed by atoms with E-state index in [1.165, 1.54) is 12.8 Å². The molecule has 160 valence electrons. The van der Waals surface area contributed by atoms with Crippen molar-refractivity contribution >= 4 is 21.6 Å². The number of sulfone groups is 1. The van der Waals surface area contributed by atoms with E-state index in [1.54, 1.807) is 0 Å². The maximum absolute atomic E-state index is 13.1. The number of nitrogens with zero attached hydrogens (tertiary/aromatic N) is 3. The summed E-state index contributed by atoms with van der Waals surface area (Å²) in [6.45, 7) is 3.21. The van der Waals surface area contributed by atoms with Crippen LogP contribution >= 0.6 is 0 Å². The second kappa shape index (κ2) is 9.14. The van der Waals surface area contributed by atoms with Crippen molar-refractivity contribution in [2.24, 2.45) is 0 Å². The molecule has 7 nitrogen and oxygen atoms in total. The SMILES string of the molecule is O=C(NCc1ccc(N2CCCC2)nc1)C(c1ccccc1)N1CCS(=O)(=O)CC1. The van der Waals surface area contributed by atoms with Gasteiger partial charge in [-0.1, -0.05) is 36.4 Å². The summed E-state index contributed by atoms with van der Waals surface area (Å²) in [6, 6.07) is 13.1. The maximum Gasteiger partial charge on any atom is 0.242 e. The van der Waals surface area contributed by atoms with Gasteiger partial charge in [0.25, 0.3) is 0 Å². The van der Waals surface area contributed by atoms with Crippen LogP contribution in [-0.2, 0) is 21.2 Å². The summed E-state index contributed by atoms with van der Waals surface area (Å²) >= 11 is 0. The van der Waals surface area contributed by atoms with Crippen molar-refractivity contribution < 1.29 is 13.2 Å². The molecule has 1 unspecified atom stereocenters. The highest BCUT2D eigenvalue weighted by molar-refractivity contribution is 7.91. The van der Waals surface area contributed by atoms with Gasteiger partial charge in [-0.05, 0) is 30.0 Å². The quantitative estimate of drug-likeness (QED) is 0.755. The van der Waals surface area contributed by atoms with Gasteiger partial charge in [0.05, 0.1) is 11.5 Å². The Morgan fingerprint density at radius 2 is 1.70 bits per heavy atom. The molecule has 0 spiro atoms. The molecular weight excluding hydrogens is 400 g/mol. The molecule has 0 radical (unpaired) electrons. The van der Waals surface area contributed by atoms with Crippen molar-refractivity contribution in [3.8, 4) is 0 Å². The molecule has 1 aromatic carbocycles. The van der Waals surface area contributed by atoms with Crippen LogP contribution in [0.15, 0.2) is 48.7 Å². The van der Waals surface area contributed by atoms with Gasteiger partial charge in [-0.25, -0.2) is 13.4 Å². The molecule has 0 aliphatic carbocycles. The minimum atomic E-state index is -3.01. The number of rotatable bonds is 6. The third-order valence-corrected chi connectivity index (χ3v) is 7.42. The van der Waals surface area contributed by atoms with E-state index in [0.29, 0.717) is 19.6 Å². The zero-order valence-corrected chi connectivity index (χ0v) is 17.9.